The molecule has 0 aromatic heterocycles. The van der Waals surface area contributed by atoms with Crippen LogP contribution in [0.15, 0.2) is 11.6 Å². The molecule has 0 unspecified atom stereocenters. The van der Waals surface area contributed by atoms with Crippen LogP contribution in [0.4, 0.5) is 0 Å². The van der Waals surface area contributed by atoms with Crippen LogP contribution >= 0.6 is 35.6 Å². The smallest absolute Gasteiger partial charge is 0.133 e. The van der Waals surface area contributed by atoms with Crippen molar-refractivity contribution in [1.29, 1.82) is 0 Å². The first-order chi connectivity index (χ1) is 4.31. The third kappa shape index (κ3) is 6.15. The lowest BCUT2D eigenvalue weighted by molar-refractivity contribution is 1.23. The molecule has 0 aromatic rings. The van der Waals surface area contributed by atoms with Gasteiger partial charge in [-0.3, -0.25) is 0 Å². The molecule has 0 fully saturated rings. The fourth-order valence-corrected chi connectivity index (χ4v) is 1.12. The second-order valence-corrected chi connectivity index (χ2v) is 3.16. The van der Waals surface area contributed by atoms with Gasteiger partial charge >= 0.3 is 0 Å². The van der Waals surface area contributed by atoms with Crippen molar-refractivity contribution in [3.63, 3.8) is 0 Å². The lowest BCUT2D eigenvalue weighted by Crippen LogP contribution is -2.10. The van der Waals surface area contributed by atoms with Crippen LogP contribution in [-0.4, -0.2) is 17.1 Å². The van der Waals surface area contributed by atoms with Crippen molar-refractivity contribution < 1.29 is 0 Å². The van der Waals surface area contributed by atoms with E-state index in [9.17, 15) is 0 Å². The van der Waals surface area contributed by atoms with Crippen molar-refractivity contribution in [1.82, 2.24) is 5.32 Å². The predicted molar refractivity (Wildman–Crippen MR) is 49.1 cm³/mol. The van der Waals surface area contributed by atoms with Gasteiger partial charge in [0.25, 0.3) is 0 Å². The highest BCUT2D eigenvalue weighted by molar-refractivity contribution is 8.23. The van der Waals surface area contributed by atoms with E-state index in [1.807, 2.05) is 6.08 Å². The molecule has 0 aliphatic rings. The Balaban J connectivity index is 3.17. The summed E-state index contributed by atoms with van der Waals surface area (Å²) in [5, 5.41) is 2.84. The minimum Gasteiger partial charge on any atom is -0.374 e. The van der Waals surface area contributed by atoms with E-state index in [1.54, 1.807) is 18.8 Å². The SMILES string of the molecule is CNC(=S)SC/C=C\Cl. The summed E-state index contributed by atoms with van der Waals surface area (Å²) in [6.07, 6.45) is 1.84. The van der Waals surface area contributed by atoms with Crippen LogP contribution in [0.5, 0.6) is 0 Å². The lowest BCUT2D eigenvalue weighted by atomic mass is 10.8. The van der Waals surface area contributed by atoms with E-state index >= 15 is 0 Å². The van der Waals surface area contributed by atoms with E-state index in [2.05, 4.69) is 5.32 Å². The minimum absolute atomic E-state index is 0.796. The number of rotatable bonds is 2. The monoisotopic (exact) mass is 181 g/mol. The summed E-state index contributed by atoms with van der Waals surface area (Å²) in [7, 11) is 1.81. The molecule has 0 aromatic carbocycles. The molecule has 52 valence electrons. The summed E-state index contributed by atoms with van der Waals surface area (Å²) >= 11 is 11.7. The van der Waals surface area contributed by atoms with Gasteiger partial charge in [0.15, 0.2) is 0 Å². The Morgan fingerprint density at radius 3 is 3.00 bits per heavy atom. The van der Waals surface area contributed by atoms with Gasteiger partial charge < -0.3 is 5.32 Å². The van der Waals surface area contributed by atoms with Gasteiger partial charge in [0.1, 0.15) is 4.32 Å². The average molecular weight is 182 g/mol. The van der Waals surface area contributed by atoms with Gasteiger partial charge in [-0.15, -0.1) is 0 Å². The van der Waals surface area contributed by atoms with Gasteiger partial charge in [-0.05, 0) is 0 Å². The number of nitrogens with one attached hydrogen (secondary N) is 1. The van der Waals surface area contributed by atoms with E-state index in [-0.39, 0.29) is 0 Å². The molecule has 0 radical (unpaired) electrons. The fraction of sp³-hybridized carbons (Fsp3) is 0.400. The average Bonchev–Trinajstić information content (AvgIpc) is 1.89. The first kappa shape index (κ1) is 9.27. The first-order valence-electron chi connectivity index (χ1n) is 2.41. The maximum Gasteiger partial charge on any atom is 0.133 e. The molecule has 1 N–H and O–H groups in total. The maximum atomic E-state index is 5.27. The molecule has 0 heterocycles. The molecule has 0 aliphatic carbocycles. The Kier molecular flexibility index (Phi) is 6.58. The molecule has 0 bridgehead atoms. The van der Waals surface area contributed by atoms with E-state index < -0.39 is 0 Å². The topological polar surface area (TPSA) is 12.0 Å². The van der Waals surface area contributed by atoms with Crippen LogP contribution in [-0.2, 0) is 0 Å². The lowest BCUT2D eigenvalue weighted by Gasteiger charge is -1.96. The summed E-state index contributed by atoms with van der Waals surface area (Å²) in [6, 6.07) is 0. The predicted octanol–water partition coefficient (Wildman–Crippen LogP) is 1.98. The van der Waals surface area contributed by atoms with Crippen LogP contribution < -0.4 is 5.32 Å². The Hall–Kier alpha value is 0.270. The molecule has 0 aliphatic heterocycles. The Bertz CT molecular complexity index is 114. The van der Waals surface area contributed by atoms with E-state index in [1.165, 1.54) is 5.54 Å². The molecule has 0 saturated carbocycles. The second kappa shape index (κ2) is 6.39. The van der Waals surface area contributed by atoms with E-state index in [0.29, 0.717) is 0 Å². The number of hydrogen-bond acceptors (Lipinski definition) is 2. The zero-order chi connectivity index (χ0) is 7.11. The van der Waals surface area contributed by atoms with Crippen LogP contribution in [0.1, 0.15) is 0 Å². The largest absolute Gasteiger partial charge is 0.374 e. The Morgan fingerprint density at radius 1 is 1.89 bits per heavy atom. The number of thiocarbonyl (C=S) groups is 1. The van der Waals surface area contributed by atoms with Gasteiger partial charge in [-0.2, -0.15) is 0 Å². The minimum atomic E-state index is 0.796. The molecular weight excluding hydrogens is 174 g/mol. The molecule has 1 nitrogen and oxygen atoms in total. The summed E-state index contributed by atoms with van der Waals surface area (Å²) in [6.45, 7) is 0. The van der Waals surface area contributed by atoms with Crippen molar-refractivity contribution in [3.8, 4) is 0 Å². The maximum absolute atomic E-state index is 5.27. The quantitative estimate of drug-likeness (QED) is 0.655. The number of halogens is 1. The normalized spacial score (nSPS) is 10.0. The van der Waals surface area contributed by atoms with E-state index in [0.717, 1.165) is 10.1 Å². The van der Waals surface area contributed by atoms with E-state index in [4.69, 9.17) is 23.8 Å². The summed E-state index contributed by atoms with van der Waals surface area (Å²) < 4.78 is 0.796. The highest BCUT2D eigenvalue weighted by Crippen LogP contribution is 2.01. The molecule has 4 heteroatoms. The first-order valence-corrected chi connectivity index (χ1v) is 4.24. The summed E-state index contributed by atoms with van der Waals surface area (Å²) in [4.78, 5) is 0. The molecule has 0 atom stereocenters. The highest BCUT2D eigenvalue weighted by Gasteiger charge is 1.87. The van der Waals surface area contributed by atoms with Crippen LogP contribution in [0.25, 0.3) is 0 Å². The number of thioether (sulfide) groups is 1. The highest BCUT2D eigenvalue weighted by atomic mass is 35.5. The third-order valence-electron chi connectivity index (χ3n) is 0.604. The molecular formula is C5H8ClNS2. The zero-order valence-electron chi connectivity index (χ0n) is 5.06. The van der Waals surface area contributed by atoms with Crippen molar-refractivity contribution in [2.45, 2.75) is 0 Å². The summed E-state index contributed by atoms with van der Waals surface area (Å²) in [5.74, 6) is 0.836. The van der Waals surface area contributed by atoms with Crippen molar-refractivity contribution in [2.24, 2.45) is 0 Å². The number of hydrogen-bond donors (Lipinski definition) is 1. The van der Waals surface area contributed by atoms with Crippen molar-refractivity contribution in [2.75, 3.05) is 12.8 Å². The van der Waals surface area contributed by atoms with Gasteiger partial charge in [-0.25, -0.2) is 0 Å². The molecule has 0 rings (SSSR count). The van der Waals surface area contributed by atoms with Crippen LogP contribution in [0, 0.1) is 0 Å². The fourth-order valence-electron chi connectivity index (χ4n) is 0.232. The van der Waals surface area contributed by atoms with Gasteiger partial charge in [0.2, 0.25) is 0 Å². The van der Waals surface area contributed by atoms with Gasteiger partial charge in [-0.1, -0.05) is 41.7 Å². The third-order valence-corrected chi connectivity index (χ3v) is 2.17. The summed E-state index contributed by atoms with van der Waals surface area (Å²) in [5.41, 5.74) is 1.49. The molecule has 0 amide bonds. The van der Waals surface area contributed by atoms with Crippen molar-refractivity contribution in [3.05, 3.63) is 11.6 Å². The molecule has 0 spiro atoms. The van der Waals surface area contributed by atoms with Gasteiger partial charge in [0, 0.05) is 18.3 Å². The zero-order valence-corrected chi connectivity index (χ0v) is 7.45. The molecule has 9 heavy (non-hydrogen) atoms. The van der Waals surface area contributed by atoms with Crippen LogP contribution in [0.2, 0.25) is 0 Å². The standard InChI is InChI=1S/C5H8ClNS2/c1-7-5(8)9-4-2-3-6/h2-3H,4H2,1H3,(H,7,8)/b3-2-. The van der Waals surface area contributed by atoms with Crippen LogP contribution in [0.3, 0.4) is 0 Å². The second-order valence-electron chi connectivity index (χ2n) is 1.21. The van der Waals surface area contributed by atoms with Gasteiger partial charge in [0.05, 0.1) is 0 Å². The van der Waals surface area contributed by atoms with Crippen molar-refractivity contribution >= 4 is 39.9 Å². The molecule has 0 saturated heterocycles. The Labute approximate surface area is 69.8 Å². The Morgan fingerprint density at radius 2 is 2.56 bits per heavy atom.